The first-order valence-electron chi connectivity index (χ1n) is 4.46. The van der Waals surface area contributed by atoms with Gasteiger partial charge in [-0.25, -0.2) is 4.98 Å². The minimum absolute atomic E-state index is 0.685. The number of halogens is 1. The van der Waals surface area contributed by atoms with Crippen molar-refractivity contribution in [2.45, 2.75) is 0 Å². The Labute approximate surface area is 111 Å². The Morgan fingerprint density at radius 1 is 1.19 bits per heavy atom. The highest BCUT2D eigenvalue weighted by Crippen LogP contribution is 2.31. The largest absolute Gasteiger partial charge is 0.493 e. The topological polar surface area (TPSA) is 44.2 Å². The number of ether oxygens (including phenoxy) is 2. The van der Waals surface area contributed by atoms with Gasteiger partial charge in [0.05, 0.1) is 14.2 Å². The molecule has 0 saturated heterocycles. The quantitative estimate of drug-likeness (QED) is 0.801. The van der Waals surface area contributed by atoms with E-state index in [1.54, 1.807) is 14.2 Å². The third kappa shape index (κ3) is 2.27. The molecule has 4 nitrogen and oxygen atoms in total. The highest BCUT2D eigenvalue weighted by atomic mass is 127. The molecule has 16 heavy (non-hydrogen) atoms. The van der Waals surface area contributed by atoms with Crippen molar-refractivity contribution >= 4 is 34.1 Å². The van der Waals surface area contributed by atoms with Crippen LogP contribution in [-0.4, -0.2) is 23.6 Å². The maximum absolute atomic E-state index is 5.23. The second kappa shape index (κ2) is 4.96. The van der Waals surface area contributed by atoms with Crippen molar-refractivity contribution < 1.29 is 9.47 Å². The van der Waals surface area contributed by atoms with Gasteiger partial charge in [0.25, 0.3) is 0 Å². The Kier molecular flexibility index (Phi) is 3.59. The van der Waals surface area contributed by atoms with Gasteiger partial charge in [0.1, 0.15) is 0 Å². The summed E-state index contributed by atoms with van der Waals surface area (Å²) in [6.45, 7) is 0. The molecule has 0 aliphatic heterocycles. The van der Waals surface area contributed by atoms with Crippen LogP contribution in [0.1, 0.15) is 0 Å². The van der Waals surface area contributed by atoms with Gasteiger partial charge in [-0.3, -0.25) is 0 Å². The molecule has 0 aliphatic rings. The van der Waals surface area contributed by atoms with Crippen molar-refractivity contribution in [2.24, 2.45) is 0 Å². The van der Waals surface area contributed by atoms with Crippen LogP contribution in [0.3, 0.4) is 0 Å². The van der Waals surface area contributed by atoms with Gasteiger partial charge in [-0.15, -0.1) is 0 Å². The molecule has 0 saturated carbocycles. The molecule has 0 bridgehead atoms. The van der Waals surface area contributed by atoms with E-state index in [9.17, 15) is 0 Å². The summed E-state index contributed by atoms with van der Waals surface area (Å²) in [5.41, 5.74) is 0.928. The summed E-state index contributed by atoms with van der Waals surface area (Å²) in [6, 6.07) is 5.64. The van der Waals surface area contributed by atoms with E-state index in [1.165, 1.54) is 11.5 Å². The van der Waals surface area contributed by atoms with Crippen molar-refractivity contribution in [3.63, 3.8) is 0 Å². The highest BCUT2D eigenvalue weighted by molar-refractivity contribution is 14.1. The number of methoxy groups -OCH3 is 2. The minimum Gasteiger partial charge on any atom is -0.493 e. The number of hydrogen-bond acceptors (Lipinski definition) is 5. The van der Waals surface area contributed by atoms with E-state index in [0.717, 1.165) is 14.4 Å². The average Bonchev–Trinajstić information content (AvgIpc) is 2.75. The summed E-state index contributed by atoms with van der Waals surface area (Å²) in [5, 5.41) is 0. The first kappa shape index (κ1) is 11.6. The van der Waals surface area contributed by atoms with Crippen molar-refractivity contribution in [3.8, 4) is 22.9 Å². The van der Waals surface area contributed by atoms with E-state index in [2.05, 4.69) is 31.9 Å². The zero-order valence-corrected chi connectivity index (χ0v) is 11.7. The summed E-state index contributed by atoms with van der Waals surface area (Å²) in [4.78, 5) is 4.31. The highest BCUT2D eigenvalue weighted by Gasteiger charge is 2.09. The predicted molar refractivity (Wildman–Crippen MR) is 71.2 cm³/mol. The van der Waals surface area contributed by atoms with Crippen LogP contribution in [0.2, 0.25) is 0 Å². The van der Waals surface area contributed by atoms with Gasteiger partial charge >= 0.3 is 0 Å². The lowest BCUT2D eigenvalue weighted by Crippen LogP contribution is -1.91. The van der Waals surface area contributed by atoms with E-state index < -0.39 is 0 Å². The van der Waals surface area contributed by atoms with Crippen LogP contribution < -0.4 is 9.47 Å². The summed E-state index contributed by atoms with van der Waals surface area (Å²) in [7, 11) is 3.22. The second-order valence-electron chi connectivity index (χ2n) is 2.94. The molecule has 0 radical (unpaired) electrons. The smallest absolute Gasteiger partial charge is 0.174 e. The standard InChI is InChI=1S/C10H9IN2O2S/c1-14-7-4-3-6(5-8(7)15-2)9-12-10(11)16-13-9/h3-5H,1-2H3. The molecule has 0 atom stereocenters. The van der Waals surface area contributed by atoms with Gasteiger partial charge in [0.2, 0.25) is 0 Å². The van der Waals surface area contributed by atoms with E-state index in [-0.39, 0.29) is 0 Å². The predicted octanol–water partition coefficient (Wildman–Crippen LogP) is 2.83. The number of hydrogen-bond donors (Lipinski definition) is 0. The average molecular weight is 348 g/mol. The minimum atomic E-state index is 0.685. The fraction of sp³-hybridized carbons (Fsp3) is 0.200. The van der Waals surface area contributed by atoms with E-state index in [1.807, 2.05) is 18.2 Å². The molecule has 1 aromatic heterocycles. The lowest BCUT2D eigenvalue weighted by molar-refractivity contribution is 0.355. The van der Waals surface area contributed by atoms with Gasteiger partial charge in [-0.1, -0.05) is 0 Å². The van der Waals surface area contributed by atoms with Gasteiger partial charge in [0, 0.05) is 5.56 Å². The van der Waals surface area contributed by atoms with Crippen LogP contribution in [0.4, 0.5) is 0 Å². The molecule has 2 rings (SSSR count). The molecule has 2 aromatic rings. The number of aromatic nitrogens is 2. The second-order valence-corrected chi connectivity index (χ2v) is 5.45. The summed E-state index contributed by atoms with van der Waals surface area (Å²) in [5.74, 6) is 2.11. The first-order chi connectivity index (χ1) is 7.74. The van der Waals surface area contributed by atoms with Crippen LogP contribution in [0.25, 0.3) is 11.4 Å². The number of nitrogens with zero attached hydrogens (tertiary/aromatic N) is 2. The third-order valence-corrected chi connectivity index (χ3v) is 3.38. The number of rotatable bonds is 3. The normalized spacial score (nSPS) is 10.2. The van der Waals surface area contributed by atoms with Gasteiger partial charge < -0.3 is 9.47 Å². The summed E-state index contributed by atoms with van der Waals surface area (Å²) >= 11 is 3.52. The molecule has 84 valence electrons. The van der Waals surface area contributed by atoms with Gasteiger partial charge in [-0.2, -0.15) is 4.37 Å². The molecule has 1 aromatic carbocycles. The summed E-state index contributed by atoms with van der Waals surface area (Å²) < 4.78 is 15.6. The van der Waals surface area contributed by atoms with E-state index >= 15 is 0 Å². The fourth-order valence-corrected chi connectivity index (χ4v) is 2.26. The lowest BCUT2D eigenvalue weighted by Gasteiger charge is -2.07. The van der Waals surface area contributed by atoms with Crippen molar-refractivity contribution in [1.29, 1.82) is 0 Å². The molecule has 0 fully saturated rings. The SMILES string of the molecule is COc1ccc(-c2nsc(I)n2)cc1OC. The van der Waals surface area contributed by atoms with Crippen LogP contribution in [0.15, 0.2) is 18.2 Å². The number of benzene rings is 1. The molecule has 6 heteroatoms. The Balaban J connectivity index is 2.43. The maximum atomic E-state index is 5.23. The molecule has 0 aliphatic carbocycles. The van der Waals surface area contributed by atoms with Crippen LogP contribution >= 0.6 is 34.1 Å². The van der Waals surface area contributed by atoms with Crippen LogP contribution in [-0.2, 0) is 0 Å². The van der Waals surface area contributed by atoms with Crippen molar-refractivity contribution in [3.05, 3.63) is 21.2 Å². The van der Waals surface area contributed by atoms with Crippen molar-refractivity contribution in [1.82, 2.24) is 9.36 Å². The van der Waals surface area contributed by atoms with Crippen LogP contribution in [0.5, 0.6) is 11.5 Å². The van der Waals surface area contributed by atoms with Crippen LogP contribution in [0, 0.1) is 3.01 Å². The zero-order chi connectivity index (χ0) is 11.5. The maximum Gasteiger partial charge on any atom is 0.174 e. The summed E-state index contributed by atoms with van der Waals surface area (Å²) in [6.07, 6.45) is 0. The molecular weight excluding hydrogens is 339 g/mol. The molecule has 0 unspecified atom stereocenters. The van der Waals surface area contributed by atoms with Crippen molar-refractivity contribution in [2.75, 3.05) is 14.2 Å². The Morgan fingerprint density at radius 3 is 2.50 bits per heavy atom. The molecule has 0 N–H and O–H groups in total. The fourth-order valence-electron chi connectivity index (χ4n) is 1.30. The molecule has 0 spiro atoms. The Bertz CT molecular complexity index is 501. The van der Waals surface area contributed by atoms with E-state index in [0.29, 0.717) is 11.5 Å². The Morgan fingerprint density at radius 2 is 1.94 bits per heavy atom. The Hall–Kier alpha value is -0.890. The van der Waals surface area contributed by atoms with E-state index in [4.69, 9.17) is 9.47 Å². The molecular formula is C10H9IN2O2S. The van der Waals surface area contributed by atoms with Gasteiger partial charge in [-0.05, 0) is 52.3 Å². The first-order valence-corrected chi connectivity index (χ1v) is 6.31. The third-order valence-electron chi connectivity index (χ3n) is 2.04. The molecule has 1 heterocycles. The van der Waals surface area contributed by atoms with Gasteiger partial charge in [0.15, 0.2) is 20.3 Å². The lowest BCUT2D eigenvalue weighted by atomic mass is 10.2. The molecule has 0 amide bonds. The zero-order valence-electron chi connectivity index (χ0n) is 8.73. The monoisotopic (exact) mass is 348 g/mol.